The molecule has 120 valence electrons. The van der Waals surface area contributed by atoms with E-state index in [1.165, 1.54) is 0 Å². The summed E-state index contributed by atoms with van der Waals surface area (Å²) in [6.07, 6.45) is 3.07. The van der Waals surface area contributed by atoms with E-state index in [9.17, 15) is 4.79 Å². The van der Waals surface area contributed by atoms with Crippen molar-refractivity contribution in [2.45, 2.75) is 38.3 Å². The highest BCUT2D eigenvalue weighted by Crippen LogP contribution is 2.25. The largest absolute Gasteiger partial charge is 0.374 e. The maximum atomic E-state index is 12.9. The zero-order valence-electron chi connectivity index (χ0n) is 13.0. The zero-order valence-corrected chi connectivity index (χ0v) is 13.8. The van der Waals surface area contributed by atoms with Crippen LogP contribution in [0.2, 0.25) is 5.02 Å². The van der Waals surface area contributed by atoms with Crippen LogP contribution in [0.5, 0.6) is 0 Å². The molecule has 5 heteroatoms. The van der Waals surface area contributed by atoms with Crippen molar-refractivity contribution >= 4 is 23.2 Å². The van der Waals surface area contributed by atoms with Crippen molar-refractivity contribution in [2.75, 3.05) is 25.0 Å². The number of halogens is 1. The summed E-state index contributed by atoms with van der Waals surface area (Å²) in [5.41, 5.74) is 0.919. The van der Waals surface area contributed by atoms with Gasteiger partial charge in [0.25, 0.3) is 0 Å². The lowest BCUT2D eigenvalue weighted by atomic mass is 9.91. The van der Waals surface area contributed by atoms with E-state index >= 15 is 0 Å². The molecule has 0 spiro atoms. The number of nitrogens with one attached hydrogen (secondary N) is 2. The second-order valence-electron chi connectivity index (χ2n) is 6.42. The van der Waals surface area contributed by atoms with Gasteiger partial charge in [-0.3, -0.25) is 4.79 Å². The van der Waals surface area contributed by atoms with E-state index in [4.69, 9.17) is 11.6 Å². The van der Waals surface area contributed by atoms with Crippen LogP contribution in [0.1, 0.15) is 26.2 Å². The number of amides is 1. The third-order valence-corrected chi connectivity index (χ3v) is 5.06. The van der Waals surface area contributed by atoms with Gasteiger partial charge in [-0.1, -0.05) is 24.6 Å². The van der Waals surface area contributed by atoms with E-state index in [1.54, 1.807) is 0 Å². The smallest absolute Gasteiger partial charge is 0.245 e. The van der Waals surface area contributed by atoms with Crippen LogP contribution in [-0.2, 0) is 4.79 Å². The molecule has 2 saturated heterocycles. The predicted octanol–water partition coefficient (Wildman–Crippen LogP) is 2.74. The van der Waals surface area contributed by atoms with Gasteiger partial charge in [0.2, 0.25) is 5.91 Å². The first-order valence-electron chi connectivity index (χ1n) is 8.18. The highest BCUT2D eigenvalue weighted by atomic mass is 35.5. The monoisotopic (exact) mass is 321 g/mol. The van der Waals surface area contributed by atoms with Gasteiger partial charge in [-0.2, -0.15) is 0 Å². The molecule has 22 heavy (non-hydrogen) atoms. The lowest BCUT2D eigenvalue weighted by Crippen LogP contribution is -2.58. The molecule has 1 amide bonds. The average Bonchev–Trinajstić information content (AvgIpc) is 2.50. The molecule has 4 nitrogen and oxygen atoms in total. The van der Waals surface area contributed by atoms with E-state index in [-0.39, 0.29) is 11.9 Å². The molecule has 0 radical (unpaired) electrons. The normalized spacial score (nSPS) is 29.5. The van der Waals surface area contributed by atoms with Crippen LogP contribution in [0, 0.1) is 5.92 Å². The van der Waals surface area contributed by atoms with Gasteiger partial charge in [-0.25, -0.2) is 0 Å². The number of likely N-dealkylation sites (tertiary alicyclic amines) is 1. The van der Waals surface area contributed by atoms with Crippen LogP contribution >= 0.6 is 11.6 Å². The molecule has 0 saturated carbocycles. The van der Waals surface area contributed by atoms with Crippen molar-refractivity contribution in [3.63, 3.8) is 0 Å². The molecule has 3 atom stereocenters. The minimum absolute atomic E-state index is 0.138. The first-order chi connectivity index (χ1) is 10.6. The standard InChI is InChI=1S/C17H24ClN3O/c1-12-7-8-19-11-16(12)21-9-3-6-15(17(21)22)20-14-5-2-4-13(18)10-14/h2,4-5,10,12,15-16,19-20H,3,6-9,11H2,1H3. The molecule has 1 aromatic carbocycles. The molecule has 0 aliphatic carbocycles. The maximum Gasteiger partial charge on any atom is 0.245 e. The summed E-state index contributed by atoms with van der Waals surface area (Å²) in [5, 5.41) is 7.47. The number of anilines is 1. The fourth-order valence-electron chi connectivity index (χ4n) is 3.53. The number of carbonyl (C=O) groups is 1. The number of hydrogen-bond donors (Lipinski definition) is 2. The number of benzene rings is 1. The summed E-state index contributed by atoms with van der Waals surface area (Å²) >= 11 is 6.02. The first-order valence-corrected chi connectivity index (χ1v) is 8.56. The first kappa shape index (κ1) is 15.6. The Balaban J connectivity index is 1.69. The number of carbonyl (C=O) groups excluding carboxylic acids is 1. The number of nitrogens with zero attached hydrogens (tertiary/aromatic N) is 1. The molecule has 0 bridgehead atoms. The Morgan fingerprint density at radius 3 is 3.00 bits per heavy atom. The second-order valence-corrected chi connectivity index (χ2v) is 6.85. The Morgan fingerprint density at radius 2 is 2.23 bits per heavy atom. The second kappa shape index (κ2) is 6.88. The van der Waals surface area contributed by atoms with Crippen LogP contribution in [0.15, 0.2) is 24.3 Å². The topological polar surface area (TPSA) is 44.4 Å². The highest BCUT2D eigenvalue weighted by Gasteiger charge is 2.36. The van der Waals surface area contributed by atoms with Gasteiger partial charge in [-0.05, 0) is 49.9 Å². The fourth-order valence-corrected chi connectivity index (χ4v) is 3.72. The minimum atomic E-state index is -0.138. The van der Waals surface area contributed by atoms with Crippen molar-refractivity contribution in [1.29, 1.82) is 0 Å². The predicted molar refractivity (Wildman–Crippen MR) is 90.2 cm³/mol. The molecule has 3 unspecified atom stereocenters. The van der Waals surface area contributed by atoms with E-state index in [2.05, 4.69) is 22.5 Å². The number of piperidine rings is 2. The van der Waals surface area contributed by atoms with Gasteiger partial charge < -0.3 is 15.5 Å². The van der Waals surface area contributed by atoms with Gasteiger partial charge in [0.05, 0.1) is 0 Å². The van der Waals surface area contributed by atoms with Gasteiger partial charge in [0.1, 0.15) is 6.04 Å². The zero-order chi connectivity index (χ0) is 15.5. The van der Waals surface area contributed by atoms with Gasteiger partial charge in [-0.15, -0.1) is 0 Å². The van der Waals surface area contributed by atoms with E-state index in [0.717, 1.165) is 44.6 Å². The Kier molecular flexibility index (Phi) is 4.89. The summed E-state index contributed by atoms with van der Waals surface area (Å²) in [4.78, 5) is 14.9. The lowest BCUT2D eigenvalue weighted by Gasteiger charge is -2.43. The lowest BCUT2D eigenvalue weighted by molar-refractivity contribution is -0.138. The Labute approximate surface area is 137 Å². The summed E-state index contributed by atoms with van der Waals surface area (Å²) in [6.45, 7) is 5.11. The highest BCUT2D eigenvalue weighted by molar-refractivity contribution is 6.30. The third-order valence-electron chi connectivity index (χ3n) is 4.83. The Bertz CT molecular complexity index is 536. The van der Waals surface area contributed by atoms with Crippen LogP contribution < -0.4 is 10.6 Å². The third kappa shape index (κ3) is 3.39. The SMILES string of the molecule is CC1CCNCC1N1CCCC(Nc2cccc(Cl)c2)C1=O. The van der Waals surface area contributed by atoms with Crippen LogP contribution in [0.25, 0.3) is 0 Å². The van der Waals surface area contributed by atoms with Crippen LogP contribution in [0.3, 0.4) is 0 Å². The molecule has 2 aliphatic heterocycles. The summed E-state index contributed by atoms with van der Waals surface area (Å²) in [6, 6.07) is 7.77. The van der Waals surface area contributed by atoms with Crippen LogP contribution in [-0.4, -0.2) is 42.5 Å². The minimum Gasteiger partial charge on any atom is -0.374 e. The van der Waals surface area contributed by atoms with E-state index in [0.29, 0.717) is 17.0 Å². The summed E-state index contributed by atoms with van der Waals surface area (Å²) < 4.78 is 0. The molecule has 1 aromatic rings. The molecule has 2 aliphatic rings. The molecule has 2 fully saturated rings. The number of hydrogen-bond acceptors (Lipinski definition) is 3. The van der Waals surface area contributed by atoms with Gasteiger partial charge in [0.15, 0.2) is 0 Å². The maximum absolute atomic E-state index is 12.9. The average molecular weight is 322 g/mol. The summed E-state index contributed by atoms with van der Waals surface area (Å²) in [5.74, 6) is 0.793. The van der Waals surface area contributed by atoms with Crippen molar-refractivity contribution in [2.24, 2.45) is 5.92 Å². The van der Waals surface area contributed by atoms with Crippen molar-refractivity contribution in [3.05, 3.63) is 29.3 Å². The number of rotatable bonds is 3. The molecule has 0 aromatic heterocycles. The van der Waals surface area contributed by atoms with E-state index in [1.807, 2.05) is 24.3 Å². The molecule has 3 rings (SSSR count). The molecule has 2 heterocycles. The molecule has 2 N–H and O–H groups in total. The van der Waals surface area contributed by atoms with Gasteiger partial charge >= 0.3 is 0 Å². The van der Waals surface area contributed by atoms with Gasteiger partial charge in [0, 0.05) is 29.8 Å². The summed E-state index contributed by atoms with van der Waals surface area (Å²) in [7, 11) is 0. The van der Waals surface area contributed by atoms with Crippen molar-refractivity contribution in [1.82, 2.24) is 10.2 Å². The fraction of sp³-hybridized carbons (Fsp3) is 0.588. The van der Waals surface area contributed by atoms with Crippen molar-refractivity contribution in [3.8, 4) is 0 Å². The molecular formula is C17H24ClN3O. The molecular weight excluding hydrogens is 298 g/mol. The van der Waals surface area contributed by atoms with Crippen LogP contribution in [0.4, 0.5) is 5.69 Å². The Morgan fingerprint density at radius 1 is 1.36 bits per heavy atom. The van der Waals surface area contributed by atoms with Crippen molar-refractivity contribution < 1.29 is 4.79 Å². The van der Waals surface area contributed by atoms with E-state index < -0.39 is 0 Å². The Hall–Kier alpha value is -1.26. The quantitative estimate of drug-likeness (QED) is 0.899.